The average Bonchev–Trinajstić information content (AvgIpc) is 2.35. The molecule has 1 N–H and O–H groups in total. The molecular weight excluding hydrogens is 294 g/mol. The van der Waals surface area contributed by atoms with E-state index in [0.29, 0.717) is 6.61 Å². The molecule has 0 unspecified atom stereocenters. The van der Waals surface area contributed by atoms with Gasteiger partial charge < -0.3 is 9.47 Å². The van der Waals surface area contributed by atoms with Gasteiger partial charge in [-0.2, -0.15) is 0 Å². The van der Waals surface area contributed by atoms with Crippen molar-refractivity contribution < 1.29 is 22.7 Å². The Morgan fingerprint density at radius 3 is 2.52 bits per heavy atom. The van der Waals surface area contributed by atoms with Gasteiger partial charge in [0.1, 0.15) is 6.04 Å². The molecule has 21 heavy (non-hydrogen) atoms. The van der Waals surface area contributed by atoms with Crippen LogP contribution in [0.1, 0.15) is 47.0 Å². The highest BCUT2D eigenvalue weighted by atomic mass is 32.2. The zero-order chi connectivity index (χ0) is 16.1. The smallest absolute Gasteiger partial charge is 0.324 e. The first-order valence-electron chi connectivity index (χ1n) is 7.44. The van der Waals surface area contributed by atoms with Gasteiger partial charge in [0.15, 0.2) is 0 Å². The number of hydrogen-bond donors (Lipinski definition) is 1. The van der Waals surface area contributed by atoms with Crippen molar-refractivity contribution in [3.8, 4) is 0 Å². The molecule has 0 aliphatic carbocycles. The first kappa shape index (κ1) is 18.4. The molecule has 124 valence electrons. The van der Waals surface area contributed by atoms with Gasteiger partial charge in [0, 0.05) is 6.61 Å². The van der Waals surface area contributed by atoms with Crippen LogP contribution in [0.3, 0.4) is 0 Å². The summed E-state index contributed by atoms with van der Waals surface area (Å²) in [6, 6.07) is -0.897. The molecule has 1 heterocycles. The van der Waals surface area contributed by atoms with Crippen molar-refractivity contribution in [2.24, 2.45) is 5.41 Å². The van der Waals surface area contributed by atoms with Crippen LogP contribution in [0.15, 0.2) is 0 Å². The molecule has 6 nitrogen and oxygen atoms in total. The van der Waals surface area contributed by atoms with Crippen molar-refractivity contribution in [1.82, 2.24) is 4.72 Å². The van der Waals surface area contributed by atoms with E-state index in [-0.39, 0.29) is 18.5 Å². The number of esters is 1. The zero-order valence-electron chi connectivity index (χ0n) is 13.3. The molecule has 1 saturated heterocycles. The number of ether oxygens (including phenoxy) is 2. The van der Waals surface area contributed by atoms with Crippen LogP contribution >= 0.6 is 0 Å². The van der Waals surface area contributed by atoms with Crippen LogP contribution in [-0.4, -0.2) is 45.5 Å². The topological polar surface area (TPSA) is 81.7 Å². The maximum atomic E-state index is 12.3. The lowest BCUT2D eigenvalue weighted by molar-refractivity contribution is -0.147. The molecule has 0 aromatic heterocycles. The molecule has 0 amide bonds. The number of carbonyl (C=O) groups excluding carboxylic acids is 1. The van der Waals surface area contributed by atoms with E-state index >= 15 is 0 Å². The minimum absolute atomic E-state index is 0.112. The maximum absolute atomic E-state index is 12.3. The first-order chi connectivity index (χ1) is 9.65. The second-order valence-corrected chi connectivity index (χ2v) is 8.24. The Bertz CT molecular complexity index is 435. The summed E-state index contributed by atoms with van der Waals surface area (Å²) in [6.07, 6.45) is 2.39. The molecule has 1 aliphatic rings. The van der Waals surface area contributed by atoms with Crippen LogP contribution in [0.2, 0.25) is 0 Å². The molecule has 0 saturated carbocycles. The van der Waals surface area contributed by atoms with Gasteiger partial charge in [-0.25, -0.2) is 13.1 Å². The van der Waals surface area contributed by atoms with E-state index in [9.17, 15) is 13.2 Å². The molecule has 2 atom stereocenters. The summed E-state index contributed by atoms with van der Waals surface area (Å²) in [5, 5.41) is 0. The Morgan fingerprint density at radius 2 is 2.05 bits per heavy atom. The number of carbonyl (C=O) groups is 1. The van der Waals surface area contributed by atoms with E-state index < -0.39 is 27.4 Å². The van der Waals surface area contributed by atoms with Gasteiger partial charge in [-0.05, 0) is 31.6 Å². The summed E-state index contributed by atoms with van der Waals surface area (Å²) in [6.45, 7) is 7.91. The SMILES string of the molecule is CCOC(=O)[C@@H](NS(=O)(=O)C[C@@H]1CCCCO1)C(C)(C)C. The van der Waals surface area contributed by atoms with Crippen molar-refractivity contribution in [3.05, 3.63) is 0 Å². The third-order valence-electron chi connectivity index (χ3n) is 3.37. The lowest BCUT2D eigenvalue weighted by atomic mass is 9.87. The average molecular weight is 321 g/mol. The van der Waals surface area contributed by atoms with Crippen LogP contribution in [0.5, 0.6) is 0 Å². The van der Waals surface area contributed by atoms with E-state index in [0.717, 1.165) is 19.3 Å². The Hall–Kier alpha value is -0.660. The molecule has 1 fully saturated rings. The third-order valence-corrected chi connectivity index (χ3v) is 4.77. The minimum atomic E-state index is -3.60. The summed E-state index contributed by atoms with van der Waals surface area (Å²) in [5.74, 6) is -0.656. The molecule has 0 aromatic rings. The highest BCUT2D eigenvalue weighted by Gasteiger charge is 2.36. The second kappa shape index (κ2) is 7.56. The summed E-state index contributed by atoms with van der Waals surface area (Å²) >= 11 is 0. The van der Waals surface area contributed by atoms with Crippen molar-refractivity contribution >= 4 is 16.0 Å². The predicted octanol–water partition coefficient (Wildman–Crippen LogP) is 1.45. The van der Waals surface area contributed by atoms with E-state index in [4.69, 9.17) is 9.47 Å². The fraction of sp³-hybridized carbons (Fsp3) is 0.929. The largest absolute Gasteiger partial charge is 0.465 e. The summed E-state index contributed by atoms with van der Waals surface area (Å²) in [4.78, 5) is 12.0. The molecule has 7 heteroatoms. The zero-order valence-corrected chi connectivity index (χ0v) is 14.2. The van der Waals surface area contributed by atoms with Crippen LogP contribution in [0.4, 0.5) is 0 Å². The molecular formula is C14H27NO5S. The van der Waals surface area contributed by atoms with E-state index in [2.05, 4.69) is 4.72 Å². The Morgan fingerprint density at radius 1 is 1.38 bits per heavy atom. The van der Waals surface area contributed by atoms with Crippen LogP contribution in [-0.2, 0) is 24.3 Å². The highest BCUT2D eigenvalue weighted by molar-refractivity contribution is 7.89. The van der Waals surface area contributed by atoms with Gasteiger partial charge >= 0.3 is 5.97 Å². The van der Waals surface area contributed by atoms with Gasteiger partial charge in [0.2, 0.25) is 10.0 Å². The Balaban J connectivity index is 2.73. The van der Waals surface area contributed by atoms with Crippen molar-refractivity contribution in [2.45, 2.75) is 59.1 Å². The quantitative estimate of drug-likeness (QED) is 0.749. The van der Waals surface area contributed by atoms with E-state index in [1.807, 2.05) is 0 Å². The molecule has 0 radical (unpaired) electrons. The molecule has 1 aliphatic heterocycles. The van der Waals surface area contributed by atoms with Gasteiger partial charge in [0.05, 0.1) is 18.5 Å². The van der Waals surface area contributed by atoms with Crippen molar-refractivity contribution in [2.75, 3.05) is 19.0 Å². The first-order valence-corrected chi connectivity index (χ1v) is 9.09. The number of hydrogen-bond acceptors (Lipinski definition) is 5. The van der Waals surface area contributed by atoms with E-state index in [1.165, 1.54) is 0 Å². The monoisotopic (exact) mass is 321 g/mol. The standard InChI is InChI=1S/C14H27NO5S/c1-5-19-13(16)12(14(2,3)4)15-21(17,18)10-11-8-6-7-9-20-11/h11-12,15H,5-10H2,1-4H3/t11-,12+/m0/s1. The van der Waals surface area contributed by atoms with Gasteiger partial charge in [-0.1, -0.05) is 20.8 Å². The Labute approximate surface area is 127 Å². The minimum Gasteiger partial charge on any atom is -0.465 e. The number of rotatable bonds is 6. The molecule has 0 spiro atoms. The summed E-state index contributed by atoms with van der Waals surface area (Å²) in [7, 11) is -3.60. The maximum Gasteiger partial charge on any atom is 0.324 e. The highest BCUT2D eigenvalue weighted by Crippen LogP contribution is 2.22. The number of nitrogens with one attached hydrogen (secondary N) is 1. The summed E-state index contributed by atoms with van der Waals surface area (Å²) in [5.41, 5.74) is -0.563. The normalized spacial score (nSPS) is 21.8. The predicted molar refractivity (Wildman–Crippen MR) is 80.4 cm³/mol. The van der Waals surface area contributed by atoms with Crippen LogP contribution in [0, 0.1) is 5.41 Å². The molecule has 0 bridgehead atoms. The van der Waals surface area contributed by atoms with Crippen molar-refractivity contribution in [1.29, 1.82) is 0 Å². The van der Waals surface area contributed by atoms with Crippen LogP contribution in [0.25, 0.3) is 0 Å². The van der Waals surface area contributed by atoms with Crippen molar-refractivity contribution in [3.63, 3.8) is 0 Å². The van der Waals surface area contributed by atoms with Crippen LogP contribution < -0.4 is 4.72 Å². The molecule has 0 aromatic carbocycles. The fourth-order valence-corrected chi connectivity index (χ4v) is 3.87. The van der Waals surface area contributed by atoms with Gasteiger partial charge in [-0.15, -0.1) is 0 Å². The fourth-order valence-electron chi connectivity index (χ4n) is 2.22. The third kappa shape index (κ3) is 6.32. The van der Waals surface area contributed by atoms with E-state index in [1.54, 1.807) is 27.7 Å². The van der Waals surface area contributed by atoms with Gasteiger partial charge in [-0.3, -0.25) is 4.79 Å². The number of sulfonamides is 1. The Kier molecular flexibility index (Phi) is 6.62. The lowest BCUT2D eigenvalue weighted by Crippen LogP contribution is -2.51. The van der Waals surface area contributed by atoms with Gasteiger partial charge in [0.25, 0.3) is 0 Å². The molecule has 1 rings (SSSR count). The summed E-state index contributed by atoms with van der Waals surface area (Å²) < 4.78 is 37.4. The lowest BCUT2D eigenvalue weighted by Gasteiger charge is -2.30. The second-order valence-electron chi connectivity index (χ2n) is 6.44.